The summed E-state index contributed by atoms with van der Waals surface area (Å²) in [6.07, 6.45) is 5.17. The van der Waals surface area contributed by atoms with Gasteiger partial charge in [-0.1, -0.05) is 99.5 Å². The number of benzene rings is 4. The molecule has 34 heavy (non-hydrogen) atoms. The van der Waals surface area contributed by atoms with Crippen LogP contribution in [0.5, 0.6) is 0 Å². The summed E-state index contributed by atoms with van der Waals surface area (Å²) in [5.41, 5.74) is 5.40. The number of hydrogen-bond donors (Lipinski definition) is 0. The summed E-state index contributed by atoms with van der Waals surface area (Å²) < 4.78 is 43.6. The minimum atomic E-state index is -1.01. The average Bonchev–Trinajstić information content (AvgIpc) is 2.87. The SMILES string of the molecule is CCCCCc1ccc(-c2ccc(-c3ccc(-c4ccc(CC)c(F)c4F)c(F)c3)cc2)cc1. The molecule has 0 nitrogen and oxygen atoms in total. The predicted octanol–water partition coefficient (Wildman–Crippen LogP) is 9.40. The molecule has 174 valence electrons. The van der Waals surface area contributed by atoms with Crippen LogP contribution in [0, 0.1) is 17.5 Å². The van der Waals surface area contributed by atoms with Gasteiger partial charge < -0.3 is 0 Å². The van der Waals surface area contributed by atoms with Crippen LogP contribution in [0.4, 0.5) is 13.2 Å². The molecule has 0 heterocycles. The molecular formula is C31H29F3. The monoisotopic (exact) mass is 458 g/mol. The van der Waals surface area contributed by atoms with Crippen molar-refractivity contribution in [2.45, 2.75) is 46.0 Å². The van der Waals surface area contributed by atoms with Crippen molar-refractivity contribution in [3.63, 3.8) is 0 Å². The van der Waals surface area contributed by atoms with Gasteiger partial charge in [0.1, 0.15) is 5.82 Å². The van der Waals surface area contributed by atoms with Crippen LogP contribution >= 0.6 is 0 Å². The molecule has 0 fully saturated rings. The second kappa shape index (κ2) is 10.7. The lowest BCUT2D eigenvalue weighted by atomic mass is 9.96. The number of unbranched alkanes of at least 4 members (excludes halogenated alkanes) is 2. The van der Waals surface area contributed by atoms with E-state index < -0.39 is 17.5 Å². The van der Waals surface area contributed by atoms with Crippen molar-refractivity contribution in [1.82, 2.24) is 0 Å². The lowest BCUT2D eigenvalue weighted by molar-refractivity contribution is 0.501. The normalized spacial score (nSPS) is 11.1. The van der Waals surface area contributed by atoms with Crippen LogP contribution in [0.3, 0.4) is 0 Å². The molecule has 0 radical (unpaired) electrons. The molecule has 0 unspecified atom stereocenters. The third-order valence-corrected chi connectivity index (χ3v) is 6.38. The summed E-state index contributed by atoms with van der Waals surface area (Å²) in [5, 5.41) is 0. The zero-order valence-corrected chi connectivity index (χ0v) is 19.7. The van der Waals surface area contributed by atoms with Crippen LogP contribution in [0.25, 0.3) is 33.4 Å². The summed E-state index contributed by atoms with van der Waals surface area (Å²) in [5.74, 6) is -2.50. The Morgan fingerprint density at radius 1 is 0.559 bits per heavy atom. The fourth-order valence-electron chi connectivity index (χ4n) is 4.28. The van der Waals surface area contributed by atoms with E-state index in [-0.39, 0.29) is 16.7 Å². The minimum Gasteiger partial charge on any atom is -0.206 e. The lowest BCUT2D eigenvalue weighted by Crippen LogP contribution is -1.97. The molecule has 0 aliphatic heterocycles. The Bertz CT molecular complexity index is 1260. The molecule has 0 aliphatic rings. The second-order valence-corrected chi connectivity index (χ2v) is 8.68. The fourth-order valence-corrected chi connectivity index (χ4v) is 4.28. The van der Waals surface area contributed by atoms with Crippen LogP contribution in [0.2, 0.25) is 0 Å². The zero-order chi connectivity index (χ0) is 24.1. The van der Waals surface area contributed by atoms with Crippen molar-refractivity contribution in [2.75, 3.05) is 0 Å². The van der Waals surface area contributed by atoms with Crippen molar-refractivity contribution in [1.29, 1.82) is 0 Å². The van der Waals surface area contributed by atoms with Gasteiger partial charge in [-0.2, -0.15) is 0 Å². The fraction of sp³-hybridized carbons (Fsp3) is 0.226. The number of aryl methyl sites for hydroxylation is 2. The first kappa shape index (κ1) is 23.8. The van der Waals surface area contributed by atoms with Crippen molar-refractivity contribution >= 4 is 0 Å². The first-order valence-corrected chi connectivity index (χ1v) is 12.0. The number of halogens is 3. The Morgan fingerprint density at radius 2 is 1.12 bits per heavy atom. The molecule has 0 amide bonds. The third kappa shape index (κ3) is 5.09. The lowest BCUT2D eigenvalue weighted by Gasteiger charge is -2.11. The van der Waals surface area contributed by atoms with Gasteiger partial charge in [0.05, 0.1) is 0 Å². The van der Waals surface area contributed by atoms with Gasteiger partial charge in [0.25, 0.3) is 0 Å². The molecule has 0 saturated carbocycles. The molecule has 0 N–H and O–H groups in total. The van der Waals surface area contributed by atoms with Gasteiger partial charge in [-0.25, -0.2) is 13.2 Å². The van der Waals surface area contributed by atoms with Crippen LogP contribution < -0.4 is 0 Å². The largest absolute Gasteiger partial charge is 0.206 e. The van der Waals surface area contributed by atoms with E-state index in [2.05, 4.69) is 31.2 Å². The Kier molecular flexibility index (Phi) is 7.52. The van der Waals surface area contributed by atoms with E-state index >= 15 is 0 Å². The highest BCUT2D eigenvalue weighted by Gasteiger charge is 2.17. The highest BCUT2D eigenvalue weighted by molar-refractivity contribution is 5.74. The summed E-state index contributed by atoms with van der Waals surface area (Å²) in [6.45, 7) is 3.96. The zero-order valence-electron chi connectivity index (χ0n) is 19.7. The Balaban J connectivity index is 1.53. The average molecular weight is 459 g/mol. The van der Waals surface area contributed by atoms with E-state index in [0.717, 1.165) is 23.1 Å². The van der Waals surface area contributed by atoms with Crippen LogP contribution in [-0.4, -0.2) is 0 Å². The molecule has 3 heteroatoms. The quantitative estimate of drug-likeness (QED) is 0.231. The summed E-state index contributed by atoms with van der Waals surface area (Å²) >= 11 is 0. The maximum Gasteiger partial charge on any atom is 0.167 e. The van der Waals surface area contributed by atoms with Crippen LogP contribution in [-0.2, 0) is 12.8 Å². The van der Waals surface area contributed by atoms with Crippen LogP contribution in [0.1, 0.15) is 44.2 Å². The van der Waals surface area contributed by atoms with Gasteiger partial charge >= 0.3 is 0 Å². The molecule has 0 aromatic heterocycles. The molecule has 0 atom stereocenters. The maximum absolute atomic E-state index is 14.9. The van der Waals surface area contributed by atoms with Crippen molar-refractivity contribution in [2.24, 2.45) is 0 Å². The first-order chi connectivity index (χ1) is 16.5. The van der Waals surface area contributed by atoms with E-state index in [4.69, 9.17) is 0 Å². The highest BCUT2D eigenvalue weighted by Crippen LogP contribution is 2.32. The smallest absolute Gasteiger partial charge is 0.167 e. The standard InChI is InChI=1S/C31H29F3/c1-3-5-6-7-21-8-10-23(11-9-21)24-12-14-25(15-13-24)26-17-18-27(29(32)20-26)28-19-16-22(4-2)30(33)31(28)34/h8-20H,3-7H2,1-2H3. The van der Waals surface area contributed by atoms with Gasteiger partial charge in [-0.3, -0.25) is 0 Å². The topological polar surface area (TPSA) is 0 Å². The number of rotatable bonds is 8. The number of hydrogen-bond acceptors (Lipinski definition) is 0. The highest BCUT2D eigenvalue weighted by atomic mass is 19.2. The molecule has 0 saturated heterocycles. The van der Waals surface area contributed by atoms with Gasteiger partial charge in [-0.15, -0.1) is 0 Å². The Hall–Kier alpha value is -3.33. The van der Waals surface area contributed by atoms with Gasteiger partial charge in [0.2, 0.25) is 0 Å². The molecule has 0 bridgehead atoms. The van der Waals surface area contributed by atoms with Crippen molar-refractivity contribution < 1.29 is 13.2 Å². The predicted molar refractivity (Wildman–Crippen MR) is 135 cm³/mol. The maximum atomic E-state index is 14.9. The molecule has 4 aromatic rings. The summed E-state index contributed by atoms with van der Waals surface area (Å²) in [7, 11) is 0. The first-order valence-electron chi connectivity index (χ1n) is 12.0. The van der Waals surface area contributed by atoms with E-state index in [0.29, 0.717) is 12.0 Å². The van der Waals surface area contributed by atoms with Crippen LogP contribution in [0.15, 0.2) is 78.9 Å². The molecule has 4 rings (SSSR count). The van der Waals surface area contributed by atoms with E-state index in [1.54, 1.807) is 13.0 Å². The Labute approximate surface area is 200 Å². The van der Waals surface area contributed by atoms with Gasteiger partial charge in [0.15, 0.2) is 11.6 Å². The van der Waals surface area contributed by atoms with Gasteiger partial charge in [0, 0.05) is 11.1 Å². The van der Waals surface area contributed by atoms with E-state index in [1.807, 2.05) is 24.3 Å². The second-order valence-electron chi connectivity index (χ2n) is 8.68. The van der Waals surface area contributed by atoms with Gasteiger partial charge in [-0.05, 0) is 58.7 Å². The summed E-state index contributed by atoms with van der Waals surface area (Å²) in [4.78, 5) is 0. The third-order valence-electron chi connectivity index (χ3n) is 6.38. The van der Waals surface area contributed by atoms with Crippen molar-refractivity contribution in [3.05, 3.63) is 107 Å². The molecule has 0 aliphatic carbocycles. The molecular weight excluding hydrogens is 429 g/mol. The molecule has 0 spiro atoms. The minimum absolute atomic E-state index is 0.0541. The summed E-state index contributed by atoms with van der Waals surface area (Å²) in [6, 6.07) is 24.2. The van der Waals surface area contributed by atoms with E-state index in [1.165, 1.54) is 49.1 Å². The van der Waals surface area contributed by atoms with Crippen molar-refractivity contribution in [3.8, 4) is 33.4 Å². The van der Waals surface area contributed by atoms with E-state index in [9.17, 15) is 13.2 Å². The Morgan fingerprint density at radius 3 is 1.71 bits per heavy atom. The molecule has 4 aromatic carbocycles.